The summed E-state index contributed by atoms with van der Waals surface area (Å²) >= 11 is 0. The maximum Gasteiger partial charge on any atom is 0.243 e. The Kier molecular flexibility index (Phi) is 14.7. The van der Waals surface area contributed by atoms with Gasteiger partial charge in [0.1, 0.15) is 24.5 Å². The minimum absolute atomic E-state index is 0.0188. The lowest BCUT2D eigenvalue weighted by molar-refractivity contribution is -0.137. The number of benzene rings is 2. The summed E-state index contributed by atoms with van der Waals surface area (Å²) in [5.74, 6) is -0.828. The number of aryl methyl sites for hydroxylation is 1. The number of carbonyl (C=O) groups is 5. The zero-order valence-corrected chi connectivity index (χ0v) is 35.2. The van der Waals surface area contributed by atoms with Crippen LogP contribution in [0.4, 0.5) is 0 Å². The summed E-state index contributed by atoms with van der Waals surface area (Å²) in [7, 11) is 3.10. The Morgan fingerprint density at radius 1 is 0.902 bits per heavy atom. The van der Waals surface area contributed by atoms with Crippen molar-refractivity contribution in [3.63, 3.8) is 0 Å². The zero-order chi connectivity index (χ0) is 43.5. The van der Waals surface area contributed by atoms with E-state index >= 15 is 0 Å². The van der Waals surface area contributed by atoms with E-state index in [0.717, 1.165) is 27.6 Å². The molecule has 0 saturated heterocycles. The van der Waals surface area contributed by atoms with Crippen LogP contribution >= 0.6 is 0 Å². The van der Waals surface area contributed by atoms with Gasteiger partial charge in [0, 0.05) is 61.8 Å². The summed E-state index contributed by atoms with van der Waals surface area (Å²) in [5.41, 5.74) is 3.38. The third-order valence-electron chi connectivity index (χ3n) is 10.9. The number of methoxy groups -OCH3 is 2. The molecule has 0 spiro atoms. The van der Waals surface area contributed by atoms with E-state index in [-0.39, 0.29) is 57.3 Å². The molecular formula is C44H54N10O7. The standard InChI is InChI=1S/C44H54N10O7/c1-6-27(2)41-44(59)48-28(3)42-50-37(22-30-11-13-35(60-4)36(21-30)61-5)52-54(42)26-38(55)46-19-20-53(40(57)14-12-29-15-17-45-18-16-29)25-39(56)49-34(43(58)51-41)23-31-24-47-33-10-8-7-9-32(31)33/h7-11,13,15-18,21,24,27-28,34,41,47H,6,12,14,19-20,22-23,25-26H2,1-5H3,(H,46,55)(H,48,59)(H,49,56)(H,51,58)/t27-,28+,34+,41-/m0/s1. The number of pyridine rings is 1. The van der Waals surface area contributed by atoms with E-state index in [1.807, 2.05) is 62.4 Å². The predicted molar refractivity (Wildman–Crippen MR) is 226 cm³/mol. The molecule has 61 heavy (non-hydrogen) atoms. The molecule has 4 atom stereocenters. The van der Waals surface area contributed by atoms with Crippen molar-refractivity contribution in [1.29, 1.82) is 0 Å². The Labute approximate surface area is 354 Å². The van der Waals surface area contributed by atoms with Crippen molar-refractivity contribution in [3.05, 3.63) is 102 Å². The quantitative estimate of drug-likeness (QED) is 0.131. The van der Waals surface area contributed by atoms with Gasteiger partial charge in [0.25, 0.3) is 0 Å². The van der Waals surface area contributed by atoms with Crippen LogP contribution in [0.15, 0.2) is 73.2 Å². The molecule has 0 saturated carbocycles. The normalized spacial score (nSPS) is 18.8. The monoisotopic (exact) mass is 834 g/mol. The molecule has 17 nitrogen and oxygen atoms in total. The summed E-state index contributed by atoms with van der Waals surface area (Å²) in [4.78, 5) is 83.1. The minimum atomic E-state index is -1.11. The van der Waals surface area contributed by atoms with Crippen LogP contribution in [-0.4, -0.2) is 105 Å². The molecular weight excluding hydrogens is 781 g/mol. The van der Waals surface area contributed by atoms with Gasteiger partial charge in [0.15, 0.2) is 17.3 Å². The number of nitrogens with one attached hydrogen (secondary N) is 5. The van der Waals surface area contributed by atoms with Crippen molar-refractivity contribution in [2.45, 2.75) is 77.5 Å². The molecule has 2 aromatic carbocycles. The van der Waals surface area contributed by atoms with Crippen molar-refractivity contribution >= 4 is 40.4 Å². The van der Waals surface area contributed by atoms with Gasteiger partial charge in [-0.25, -0.2) is 9.67 Å². The van der Waals surface area contributed by atoms with E-state index in [2.05, 4.69) is 36.3 Å². The van der Waals surface area contributed by atoms with E-state index in [1.165, 1.54) is 9.58 Å². The number of hydrogen-bond acceptors (Lipinski definition) is 10. The molecule has 0 bridgehead atoms. The Hall–Kier alpha value is -6.78. The van der Waals surface area contributed by atoms with Gasteiger partial charge in [-0.2, -0.15) is 5.10 Å². The third kappa shape index (κ3) is 11.3. The fourth-order valence-electron chi connectivity index (χ4n) is 7.33. The highest BCUT2D eigenvalue weighted by molar-refractivity contribution is 5.94. The van der Waals surface area contributed by atoms with Crippen LogP contribution in [0.3, 0.4) is 0 Å². The van der Waals surface area contributed by atoms with Gasteiger partial charge in [-0.3, -0.25) is 29.0 Å². The van der Waals surface area contributed by atoms with Gasteiger partial charge in [-0.1, -0.05) is 44.5 Å². The second-order valence-corrected chi connectivity index (χ2v) is 15.2. The lowest BCUT2D eigenvalue weighted by Crippen LogP contribution is -2.57. The first-order valence-electron chi connectivity index (χ1n) is 20.5. The third-order valence-corrected chi connectivity index (χ3v) is 10.9. The number of para-hydroxylation sites is 1. The number of ether oxygens (including phenoxy) is 2. The number of nitrogens with zero attached hydrogens (tertiary/aromatic N) is 5. The maximum absolute atomic E-state index is 14.4. The summed E-state index contributed by atoms with van der Waals surface area (Å²) < 4.78 is 12.3. The zero-order valence-electron chi connectivity index (χ0n) is 35.2. The van der Waals surface area contributed by atoms with Gasteiger partial charge < -0.3 is 40.6 Å². The van der Waals surface area contributed by atoms with Crippen LogP contribution < -0.4 is 30.7 Å². The molecule has 0 radical (unpaired) electrons. The number of rotatable bonds is 11. The predicted octanol–water partition coefficient (Wildman–Crippen LogP) is 2.79. The summed E-state index contributed by atoms with van der Waals surface area (Å²) in [6, 6.07) is 13.9. The summed E-state index contributed by atoms with van der Waals surface area (Å²) in [6.45, 7) is 4.94. The Morgan fingerprint density at radius 3 is 2.43 bits per heavy atom. The molecule has 322 valence electrons. The number of carbonyl (C=O) groups excluding carboxylic acids is 5. The average Bonchev–Trinajstić information content (AvgIpc) is 3.86. The number of H-pyrrole nitrogens is 1. The summed E-state index contributed by atoms with van der Waals surface area (Å²) in [5, 5.41) is 17.2. The summed E-state index contributed by atoms with van der Waals surface area (Å²) in [6.07, 6.45) is 6.53. The lowest BCUT2D eigenvalue weighted by Gasteiger charge is -2.28. The molecule has 5 N–H and O–H groups in total. The van der Waals surface area contributed by atoms with Crippen LogP contribution in [-0.2, 0) is 49.8 Å². The van der Waals surface area contributed by atoms with Crippen molar-refractivity contribution in [2.75, 3.05) is 33.9 Å². The van der Waals surface area contributed by atoms with Gasteiger partial charge in [0.2, 0.25) is 29.5 Å². The molecule has 6 rings (SSSR count). The Morgan fingerprint density at radius 2 is 1.67 bits per heavy atom. The fourth-order valence-corrected chi connectivity index (χ4v) is 7.33. The molecule has 3 aromatic heterocycles. The highest BCUT2D eigenvalue weighted by atomic mass is 16.5. The second kappa shape index (κ2) is 20.5. The number of aromatic nitrogens is 5. The number of hydrogen-bond donors (Lipinski definition) is 5. The molecule has 5 aromatic rings. The lowest BCUT2D eigenvalue weighted by atomic mass is 9.96. The van der Waals surface area contributed by atoms with Gasteiger partial charge in [0.05, 0.1) is 26.8 Å². The van der Waals surface area contributed by atoms with Crippen molar-refractivity contribution in [1.82, 2.24) is 50.9 Å². The van der Waals surface area contributed by atoms with E-state index < -0.39 is 41.8 Å². The second-order valence-electron chi connectivity index (χ2n) is 15.2. The van der Waals surface area contributed by atoms with Crippen LogP contribution in [0.1, 0.15) is 68.0 Å². The fraction of sp³-hybridized carbons (Fsp3) is 0.409. The molecule has 1 aliphatic rings. The van der Waals surface area contributed by atoms with Crippen LogP contribution in [0, 0.1) is 5.92 Å². The minimum Gasteiger partial charge on any atom is -0.493 e. The van der Waals surface area contributed by atoms with Gasteiger partial charge in [-0.05, 0) is 66.3 Å². The molecule has 0 fully saturated rings. The van der Waals surface area contributed by atoms with Gasteiger partial charge >= 0.3 is 0 Å². The molecule has 17 heteroatoms. The van der Waals surface area contributed by atoms with Gasteiger partial charge in [-0.15, -0.1) is 0 Å². The van der Waals surface area contributed by atoms with Crippen molar-refractivity contribution < 1.29 is 33.4 Å². The topological polar surface area (TPSA) is 215 Å². The van der Waals surface area contributed by atoms with E-state index in [9.17, 15) is 24.0 Å². The average molecular weight is 835 g/mol. The number of fused-ring (bicyclic) bond motifs is 2. The maximum atomic E-state index is 14.4. The first kappa shape index (κ1) is 43.8. The van der Waals surface area contributed by atoms with Crippen molar-refractivity contribution in [3.8, 4) is 11.5 Å². The van der Waals surface area contributed by atoms with Crippen LogP contribution in [0.5, 0.6) is 11.5 Å². The molecule has 0 unspecified atom stereocenters. The first-order chi connectivity index (χ1) is 29.5. The molecule has 0 aliphatic carbocycles. The Bertz CT molecular complexity index is 2330. The number of aromatic amines is 1. The SMILES string of the molecule is CC[C@H](C)[C@@H]1NC(=O)[C@@H](Cc2c[nH]c3ccccc23)NC(=O)CN(C(=O)CCc2ccncc2)CCNC(=O)Cn2nc(Cc3ccc(OC)c(OC)c3)nc2[C@@H](C)NC1=O. The largest absolute Gasteiger partial charge is 0.493 e. The van der Waals surface area contributed by atoms with Crippen LogP contribution in [0.2, 0.25) is 0 Å². The van der Waals surface area contributed by atoms with E-state index in [1.54, 1.807) is 45.8 Å². The smallest absolute Gasteiger partial charge is 0.243 e. The van der Waals surface area contributed by atoms with Crippen LogP contribution in [0.25, 0.3) is 10.9 Å². The first-order valence-corrected chi connectivity index (χ1v) is 20.5. The molecule has 5 amide bonds. The Balaban J connectivity index is 1.32. The number of amides is 5. The highest BCUT2D eigenvalue weighted by Crippen LogP contribution is 2.28. The molecule has 1 aliphatic heterocycles. The molecule has 4 heterocycles. The van der Waals surface area contributed by atoms with E-state index in [4.69, 9.17) is 14.5 Å². The van der Waals surface area contributed by atoms with E-state index in [0.29, 0.717) is 36.0 Å². The van der Waals surface area contributed by atoms with Crippen molar-refractivity contribution in [2.24, 2.45) is 5.92 Å². The highest BCUT2D eigenvalue weighted by Gasteiger charge is 2.33.